The van der Waals surface area contributed by atoms with Crippen molar-refractivity contribution in [2.24, 2.45) is 0 Å². The lowest BCUT2D eigenvalue weighted by Crippen LogP contribution is -2.39. The Labute approximate surface area is 84.4 Å². The molecule has 0 aliphatic heterocycles. The van der Waals surface area contributed by atoms with E-state index in [1.807, 2.05) is 20.9 Å². The van der Waals surface area contributed by atoms with Crippen LogP contribution in [0.4, 0.5) is 0 Å². The second-order valence-corrected chi connectivity index (χ2v) is 3.55. The maximum Gasteiger partial charge on any atom is 0.0814 e. The normalized spacial score (nSPS) is 15.1. The molecule has 1 heterocycles. The standard InChI is InChI=1S/C10H17N3O/c1-8-9(13-6-5-12-8)10(2,11-3)4-7-14/h5-6,11,14H,4,7H2,1-3H3. The molecular weight excluding hydrogens is 178 g/mol. The smallest absolute Gasteiger partial charge is 0.0814 e. The minimum Gasteiger partial charge on any atom is -0.396 e. The number of hydrogen-bond acceptors (Lipinski definition) is 4. The average molecular weight is 195 g/mol. The fourth-order valence-electron chi connectivity index (χ4n) is 1.53. The first-order valence-corrected chi connectivity index (χ1v) is 4.72. The molecule has 0 saturated carbocycles. The summed E-state index contributed by atoms with van der Waals surface area (Å²) in [6, 6.07) is 0. The third-order valence-corrected chi connectivity index (χ3v) is 2.57. The van der Waals surface area contributed by atoms with Gasteiger partial charge in [-0.1, -0.05) is 0 Å². The van der Waals surface area contributed by atoms with Gasteiger partial charge in [-0.05, 0) is 27.3 Å². The van der Waals surface area contributed by atoms with Gasteiger partial charge in [-0.3, -0.25) is 9.97 Å². The molecule has 1 aromatic heterocycles. The summed E-state index contributed by atoms with van der Waals surface area (Å²) in [7, 11) is 1.86. The highest BCUT2D eigenvalue weighted by Crippen LogP contribution is 2.23. The number of aliphatic hydroxyl groups excluding tert-OH is 1. The Bertz CT molecular complexity index is 303. The summed E-state index contributed by atoms with van der Waals surface area (Å²) in [5, 5.41) is 12.2. The zero-order valence-electron chi connectivity index (χ0n) is 8.91. The van der Waals surface area contributed by atoms with E-state index in [2.05, 4.69) is 15.3 Å². The van der Waals surface area contributed by atoms with Crippen LogP contribution in [0.3, 0.4) is 0 Å². The number of aliphatic hydroxyl groups is 1. The van der Waals surface area contributed by atoms with E-state index in [0.717, 1.165) is 11.4 Å². The van der Waals surface area contributed by atoms with Gasteiger partial charge < -0.3 is 10.4 Å². The number of nitrogens with zero attached hydrogens (tertiary/aromatic N) is 2. The third kappa shape index (κ3) is 2.08. The maximum atomic E-state index is 9.00. The van der Waals surface area contributed by atoms with Crippen molar-refractivity contribution < 1.29 is 5.11 Å². The topological polar surface area (TPSA) is 58.0 Å². The summed E-state index contributed by atoms with van der Waals surface area (Å²) in [5.41, 5.74) is 1.50. The highest BCUT2D eigenvalue weighted by molar-refractivity contribution is 5.18. The highest BCUT2D eigenvalue weighted by atomic mass is 16.3. The molecule has 0 aromatic carbocycles. The van der Waals surface area contributed by atoms with Crippen LogP contribution >= 0.6 is 0 Å². The molecule has 0 amide bonds. The van der Waals surface area contributed by atoms with Gasteiger partial charge in [0.1, 0.15) is 0 Å². The summed E-state index contributed by atoms with van der Waals surface area (Å²) in [6.07, 6.45) is 3.98. The molecule has 4 nitrogen and oxygen atoms in total. The van der Waals surface area contributed by atoms with Gasteiger partial charge in [0.15, 0.2) is 0 Å². The first-order chi connectivity index (χ1) is 6.64. The van der Waals surface area contributed by atoms with Crippen LogP contribution in [0.1, 0.15) is 24.7 Å². The van der Waals surface area contributed by atoms with Crippen LogP contribution in [0, 0.1) is 6.92 Å². The van der Waals surface area contributed by atoms with Crippen molar-refractivity contribution in [2.45, 2.75) is 25.8 Å². The molecule has 0 fully saturated rings. The van der Waals surface area contributed by atoms with Crippen molar-refractivity contribution in [1.29, 1.82) is 0 Å². The van der Waals surface area contributed by atoms with Gasteiger partial charge in [0, 0.05) is 19.0 Å². The minimum absolute atomic E-state index is 0.132. The second-order valence-electron chi connectivity index (χ2n) is 3.55. The van der Waals surface area contributed by atoms with E-state index in [1.54, 1.807) is 12.4 Å². The van der Waals surface area contributed by atoms with Crippen LogP contribution in [0.25, 0.3) is 0 Å². The van der Waals surface area contributed by atoms with E-state index >= 15 is 0 Å². The summed E-state index contributed by atoms with van der Waals surface area (Å²) >= 11 is 0. The van der Waals surface area contributed by atoms with Crippen LogP contribution in [-0.4, -0.2) is 28.7 Å². The largest absolute Gasteiger partial charge is 0.396 e. The Morgan fingerprint density at radius 3 is 2.57 bits per heavy atom. The van der Waals surface area contributed by atoms with Gasteiger partial charge in [-0.2, -0.15) is 0 Å². The molecule has 1 unspecified atom stereocenters. The van der Waals surface area contributed by atoms with Crippen LogP contribution in [0.15, 0.2) is 12.4 Å². The lowest BCUT2D eigenvalue weighted by atomic mass is 9.92. The molecule has 0 saturated heterocycles. The Hall–Kier alpha value is -1.00. The minimum atomic E-state index is -0.299. The predicted molar refractivity (Wildman–Crippen MR) is 54.9 cm³/mol. The van der Waals surface area contributed by atoms with Crippen LogP contribution in [0.2, 0.25) is 0 Å². The molecule has 0 bridgehead atoms. The van der Waals surface area contributed by atoms with E-state index in [9.17, 15) is 0 Å². The maximum absolute atomic E-state index is 9.00. The van der Waals surface area contributed by atoms with Crippen LogP contribution < -0.4 is 5.32 Å². The summed E-state index contributed by atoms with van der Waals surface area (Å²) < 4.78 is 0. The fourth-order valence-corrected chi connectivity index (χ4v) is 1.53. The number of nitrogens with one attached hydrogen (secondary N) is 1. The highest BCUT2D eigenvalue weighted by Gasteiger charge is 2.27. The molecule has 1 rings (SSSR count). The second kappa shape index (κ2) is 4.48. The molecule has 1 aromatic rings. The number of hydrogen-bond donors (Lipinski definition) is 2. The van der Waals surface area contributed by atoms with Gasteiger partial charge in [-0.15, -0.1) is 0 Å². The number of aryl methyl sites for hydroxylation is 1. The summed E-state index contributed by atoms with van der Waals surface area (Å²) in [6.45, 7) is 4.07. The molecule has 78 valence electrons. The Morgan fingerprint density at radius 1 is 1.43 bits per heavy atom. The Morgan fingerprint density at radius 2 is 2.07 bits per heavy atom. The van der Waals surface area contributed by atoms with Crippen molar-refractivity contribution in [3.8, 4) is 0 Å². The molecular formula is C10H17N3O. The van der Waals surface area contributed by atoms with Crippen molar-refractivity contribution in [2.75, 3.05) is 13.7 Å². The monoisotopic (exact) mass is 195 g/mol. The van der Waals surface area contributed by atoms with E-state index in [4.69, 9.17) is 5.11 Å². The van der Waals surface area contributed by atoms with Crippen LogP contribution in [-0.2, 0) is 5.54 Å². The molecule has 4 heteroatoms. The van der Waals surface area contributed by atoms with Gasteiger partial charge >= 0.3 is 0 Å². The van der Waals surface area contributed by atoms with E-state index in [-0.39, 0.29) is 12.1 Å². The van der Waals surface area contributed by atoms with Crippen molar-refractivity contribution >= 4 is 0 Å². The van der Waals surface area contributed by atoms with Gasteiger partial charge in [0.05, 0.1) is 16.9 Å². The quantitative estimate of drug-likeness (QED) is 0.738. The lowest BCUT2D eigenvalue weighted by Gasteiger charge is -2.28. The van der Waals surface area contributed by atoms with E-state index < -0.39 is 0 Å². The zero-order chi connectivity index (χ0) is 10.6. The van der Waals surface area contributed by atoms with Crippen LogP contribution in [0.5, 0.6) is 0 Å². The molecule has 0 aliphatic carbocycles. The molecule has 0 radical (unpaired) electrons. The van der Waals surface area contributed by atoms with Gasteiger partial charge in [-0.25, -0.2) is 0 Å². The fraction of sp³-hybridized carbons (Fsp3) is 0.600. The lowest BCUT2D eigenvalue weighted by molar-refractivity contribution is 0.224. The van der Waals surface area contributed by atoms with E-state index in [0.29, 0.717) is 6.42 Å². The summed E-state index contributed by atoms with van der Waals surface area (Å²) in [4.78, 5) is 8.50. The van der Waals surface area contributed by atoms with Gasteiger partial charge in [0.25, 0.3) is 0 Å². The SMILES string of the molecule is CNC(C)(CCO)c1nccnc1C. The average Bonchev–Trinajstić information content (AvgIpc) is 2.18. The van der Waals surface area contributed by atoms with Gasteiger partial charge in [0.2, 0.25) is 0 Å². The van der Waals surface area contributed by atoms with Crippen molar-refractivity contribution in [3.63, 3.8) is 0 Å². The van der Waals surface area contributed by atoms with Crippen molar-refractivity contribution in [3.05, 3.63) is 23.8 Å². The molecule has 14 heavy (non-hydrogen) atoms. The Balaban J connectivity index is 3.05. The molecule has 1 atom stereocenters. The predicted octanol–water partition coefficient (Wildman–Crippen LogP) is 0.602. The Kier molecular flexibility index (Phi) is 3.55. The van der Waals surface area contributed by atoms with E-state index in [1.165, 1.54) is 0 Å². The number of rotatable bonds is 4. The first kappa shape index (κ1) is 11.1. The molecule has 0 spiro atoms. The number of aromatic nitrogens is 2. The zero-order valence-corrected chi connectivity index (χ0v) is 8.91. The summed E-state index contributed by atoms with van der Waals surface area (Å²) in [5.74, 6) is 0. The molecule has 2 N–H and O–H groups in total. The third-order valence-electron chi connectivity index (χ3n) is 2.57. The first-order valence-electron chi connectivity index (χ1n) is 4.72. The van der Waals surface area contributed by atoms with Crippen molar-refractivity contribution in [1.82, 2.24) is 15.3 Å². The molecule has 0 aliphatic rings.